The number of halogens is 1. The monoisotopic (exact) mass is 407 g/mol. The third kappa shape index (κ3) is 3.56. The van der Waals surface area contributed by atoms with Crippen molar-refractivity contribution in [2.24, 2.45) is 5.92 Å². The van der Waals surface area contributed by atoms with Crippen LogP contribution in [-0.2, 0) is 14.4 Å². The van der Waals surface area contributed by atoms with Crippen LogP contribution in [0, 0.1) is 12.8 Å². The minimum atomic E-state index is -0.605. The second-order valence-electron chi connectivity index (χ2n) is 6.59. The summed E-state index contributed by atoms with van der Waals surface area (Å²) >= 11 is 3.43. The molecule has 0 bridgehead atoms. The van der Waals surface area contributed by atoms with Crippen LogP contribution in [-0.4, -0.2) is 60.2 Å². The van der Waals surface area contributed by atoms with Crippen LogP contribution in [0.5, 0.6) is 0 Å². The predicted molar refractivity (Wildman–Crippen MR) is 98.2 cm³/mol. The molecule has 0 spiro atoms. The molecule has 0 aromatic heterocycles. The molecule has 1 aromatic carbocycles. The van der Waals surface area contributed by atoms with Gasteiger partial charge in [0.25, 0.3) is 0 Å². The molecule has 0 N–H and O–H groups in total. The summed E-state index contributed by atoms with van der Waals surface area (Å²) in [4.78, 5) is 42.1. The van der Waals surface area contributed by atoms with E-state index in [1.54, 1.807) is 14.7 Å². The highest BCUT2D eigenvalue weighted by Gasteiger charge is 2.40. The fourth-order valence-corrected chi connectivity index (χ4v) is 4.01. The maximum atomic E-state index is 12.8. The maximum absolute atomic E-state index is 12.8. The number of rotatable bonds is 2. The molecule has 2 heterocycles. The van der Waals surface area contributed by atoms with E-state index in [1.165, 1.54) is 6.92 Å². The second kappa shape index (κ2) is 7.15. The van der Waals surface area contributed by atoms with Gasteiger partial charge in [0.1, 0.15) is 5.92 Å². The Kier molecular flexibility index (Phi) is 5.13. The Hall–Kier alpha value is -1.89. The lowest BCUT2D eigenvalue weighted by molar-refractivity contribution is -0.144. The quantitative estimate of drug-likeness (QED) is 0.702. The van der Waals surface area contributed by atoms with Crippen LogP contribution in [0.3, 0.4) is 0 Å². The van der Waals surface area contributed by atoms with Crippen molar-refractivity contribution in [1.29, 1.82) is 0 Å². The van der Waals surface area contributed by atoms with E-state index < -0.39 is 5.92 Å². The van der Waals surface area contributed by atoms with Crippen LogP contribution in [0.4, 0.5) is 5.69 Å². The summed E-state index contributed by atoms with van der Waals surface area (Å²) in [7, 11) is 0. The summed E-state index contributed by atoms with van der Waals surface area (Å²) < 4.78 is 0.969. The zero-order valence-electron chi connectivity index (χ0n) is 14.5. The van der Waals surface area contributed by atoms with E-state index in [4.69, 9.17) is 0 Å². The van der Waals surface area contributed by atoms with E-state index in [9.17, 15) is 14.4 Å². The Balaban J connectivity index is 1.67. The van der Waals surface area contributed by atoms with Gasteiger partial charge in [-0.1, -0.05) is 15.9 Å². The smallest absolute Gasteiger partial charge is 0.239 e. The zero-order valence-corrected chi connectivity index (χ0v) is 16.1. The summed E-state index contributed by atoms with van der Waals surface area (Å²) in [6.07, 6.45) is 0.542. The molecule has 0 radical (unpaired) electrons. The molecule has 134 valence electrons. The van der Waals surface area contributed by atoms with E-state index in [1.807, 2.05) is 25.1 Å². The first kappa shape index (κ1) is 17.9. The molecule has 2 saturated heterocycles. The summed E-state index contributed by atoms with van der Waals surface area (Å²) in [5.41, 5.74) is 1.87. The van der Waals surface area contributed by atoms with Crippen molar-refractivity contribution in [3.05, 3.63) is 28.2 Å². The third-order valence-corrected chi connectivity index (χ3v) is 5.48. The molecule has 0 aliphatic carbocycles. The van der Waals surface area contributed by atoms with Gasteiger partial charge in [0.15, 0.2) is 0 Å². The standard InChI is InChI=1S/C18H22BrN3O3/c1-12-11-14(19)3-4-16(12)22-6-5-15(18(22)25)17(24)21-9-7-20(8-10-21)13(2)23/h3-4,11,15H,5-10H2,1-2H3/t15-/m1/s1. The van der Waals surface area contributed by atoms with Crippen LogP contribution in [0.2, 0.25) is 0 Å². The van der Waals surface area contributed by atoms with E-state index in [0.717, 1.165) is 15.7 Å². The van der Waals surface area contributed by atoms with E-state index in [2.05, 4.69) is 15.9 Å². The van der Waals surface area contributed by atoms with Gasteiger partial charge in [-0.25, -0.2) is 0 Å². The van der Waals surface area contributed by atoms with Crippen molar-refractivity contribution in [3.63, 3.8) is 0 Å². The lowest BCUT2D eigenvalue weighted by Crippen LogP contribution is -2.52. The van der Waals surface area contributed by atoms with Gasteiger partial charge in [-0.2, -0.15) is 0 Å². The first-order valence-corrected chi connectivity index (χ1v) is 9.29. The largest absolute Gasteiger partial charge is 0.339 e. The molecule has 7 heteroatoms. The van der Waals surface area contributed by atoms with Crippen LogP contribution in [0.15, 0.2) is 22.7 Å². The number of hydrogen-bond donors (Lipinski definition) is 0. The predicted octanol–water partition coefficient (Wildman–Crippen LogP) is 1.80. The van der Waals surface area contributed by atoms with Crippen molar-refractivity contribution in [3.8, 4) is 0 Å². The van der Waals surface area contributed by atoms with Crippen molar-refractivity contribution in [2.45, 2.75) is 20.3 Å². The van der Waals surface area contributed by atoms with E-state index in [0.29, 0.717) is 39.1 Å². The summed E-state index contributed by atoms with van der Waals surface area (Å²) in [6, 6.07) is 5.79. The Morgan fingerprint density at radius 2 is 1.72 bits per heavy atom. The lowest BCUT2D eigenvalue weighted by atomic mass is 10.1. The molecule has 3 amide bonds. The van der Waals surface area contributed by atoms with Crippen LogP contribution >= 0.6 is 15.9 Å². The minimum Gasteiger partial charge on any atom is -0.339 e. The highest BCUT2D eigenvalue weighted by Crippen LogP contribution is 2.30. The van der Waals surface area contributed by atoms with E-state index in [-0.39, 0.29) is 17.7 Å². The molecular weight excluding hydrogens is 386 g/mol. The number of nitrogens with zero attached hydrogens (tertiary/aromatic N) is 3. The Labute approximate surface area is 155 Å². The molecule has 3 rings (SSSR count). The number of carbonyl (C=O) groups is 3. The zero-order chi connectivity index (χ0) is 18.1. The van der Waals surface area contributed by atoms with Gasteiger partial charge in [-0.05, 0) is 37.1 Å². The molecule has 6 nitrogen and oxygen atoms in total. The number of amides is 3. The highest BCUT2D eigenvalue weighted by molar-refractivity contribution is 9.10. The van der Waals surface area contributed by atoms with Crippen LogP contribution in [0.25, 0.3) is 0 Å². The molecule has 2 aliphatic heterocycles. The summed E-state index contributed by atoms with van der Waals surface area (Å²) in [5.74, 6) is -0.803. The molecule has 0 saturated carbocycles. The SMILES string of the molecule is CC(=O)N1CCN(C(=O)[C@H]2CCN(c3ccc(Br)cc3C)C2=O)CC1. The minimum absolute atomic E-state index is 0.0286. The molecule has 0 unspecified atom stereocenters. The molecule has 2 aliphatic rings. The average Bonchev–Trinajstić information content (AvgIpc) is 2.96. The van der Waals surface area contributed by atoms with Gasteiger partial charge in [-0.3, -0.25) is 14.4 Å². The summed E-state index contributed by atoms with van der Waals surface area (Å²) in [6.45, 7) is 6.14. The van der Waals surface area contributed by atoms with Crippen molar-refractivity contribution in [2.75, 3.05) is 37.6 Å². The first-order valence-electron chi connectivity index (χ1n) is 8.50. The fourth-order valence-electron chi connectivity index (χ4n) is 3.53. The van der Waals surface area contributed by atoms with Crippen molar-refractivity contribution < 1.29 is 14.4 Å². The van der Waals surface area contributed by atoms with Gasteiger partial charge in [0, 0.05) is 49.8 Å². The summed E-state index contributed by atoms with van der Waals surface area (Å²) in [5, 5.41) is 0. The Morgan fingerprint density at radius 1 is 1.08 bits per heavy atom. The van der Waals surface area contributed by atoms with Gasteiger partial charge < -0.3 is 14.7 Å². The molecule has 2 fully saturated rings. The number of carbonyl (C=O) groups excluding carboxylic acids is 3. The number of aryl methyl sites for hydroxylation is 1. The van der Waals surface area contributed by atoms with Gasteiger partial charge >= 0.3 is 0 Å². The fraction of sp³-hybridized carbons (Fsp3) is 0.500. The van der Waals surface area contributed by atoms with Crippen LogP contribution in [0.1, 0.15) is 18.9 Å². The molecule has 1 aromatic rings. The topological polar surface area (TPSA) is 60.9 Å². The third-order valence-electron chi connectivity index (χ3n) is 4.99. The highest BCUT2D eigenvalue weighted by atomic mass is 79.9. The Morgan fingerprint density at radius 3 is 2.32 bits per heavy atom. The normalized spacial score (nSPS) is 21.0. The number of hydrogen-bond acceptors (Lipinski definition) is 3. The van der Waals surface area contributed by atoms with Gasteiger partial charge in [-0.15, -0.1) is 0 Å². The number of piperazine rings is 1. The second-order valence-corrected chi connectivity index (χ2v) is 7.51. The number of anilines is 1. The van der Waals surface area contributed by atoms with Gasteiger partial charge in [0.2, 0.25) is 17.7 Å². The molecule has 25 heavy (non-hydrogen) atoms. The maximum Gasteiger partial charge on any atom is 0.239 e. The number of benzene rings is 1. The first-order chi connectivity index (χ1) is 11.9. The van der Waals surface area contributed by atoms with E-state index >= 15 is 0 Å². The van der Waals surface area contributed by atoms with Crippen molar-refractivity contribution >= 4 is 39.3 Å². The average molecular weight is 408 g/mol. The molecule has 1 atom stereocenters. The Bertz CT molecular complexity index is 714. The van der Waals surface area contributed by atoms with Crippen molar-refractivity contribution in [1.82, 2.24) is 9.80 Å². The van der Waals surface area contributed by atoms with Crippen LogP contribution < -0.4 is 4.90 Å². The van der Waals surface area contributed by atoms with Gasteiger partial charge in [0.05, 0.1) is 0 Å². The molecular formula is C18H22BrN3O3. The lowest BCUT2D eigenvalue weighted by Gasteiger charge is -2.35.